The van der Waals surface area contributed by atoms with Gasteiger partial charge in [-0.3, -0.25) is 14.8 Å². The molecule has 1 aromatic heterocycles. The summed E-state index contributed by atoms with van der Waals surface area (Å²) < 4.78 is 6.83. The molecule has 2 saturated heterocycles. The SMILES string of the molecule is CC(C)(C)OC(=O)NC1[C@H]2CN(Cc3ccc(-n4ccc(NC(=O)N5CCNCC5)nc4=O)cc3)C[C@@H]12. The van der Waals surface area contributed by atoms with E-state index in [4.69, 9.17) is 4.74 Å². The van der Waals surface area contributed by atoms with Gasteiger partial charge in [0.25, 0.3) is 0 Å². The van der Waals surface area contributed by atoms with Gasteiger partial charge in [0.05, 0.1) is 5.69 Å². The quantitative estimate of drug-likeness (QED) is 0.560. The summed E-state index contributed by atoms with van der Waals surface area (Å²) in [5.41, 5.74) is 0.930. The highest BCUT2D eigenvalue weighted by molar-refractivity contribution is 5.88. The van der Waals surface area contributed by atoms with E-state index < -0.39 is 11.3 Å². The molecule has 5 rings (SSSR count). The maximum atomic E-state index is 12.6. The number of aromatic nitrogens is 2. The Morgan fingerprint density at radius 1 is 1.08 bits per heavy atom. The van der Waals surface area contributed by atoms with Gasteiger partial charge in [-0.15, -0.1) is 0 Å². The summed E-state index contributed by atoms with van der Waals surface area (Å²) in [5, 5.41) is 8.91. The highest BCUT2D eigenvalue weighted by Gasteiger charge is 2.56. The lowest BCUT2D eigenvalue weighted by Gasteiger charge is -2.27. The molecule has 3 aliphatic rings. The fraction of sp³-hybridized carbons (Fsp3) is 0.538. The van der Waals surface area contributed by atoms with Crippen LogP contribution in [0.15, 0.2) is 41.3 Å². The normalized spacial score (nSPS) is 23.3. The molecular weight excluding hydrogens is 474 g/mol. The molecule has 2 aliphatic heterocycles. The molecule has 0 bridgehead atoms. The van der Waals surface area contributed by atoms with Crippen molar-refractivity contribution in [2.75, 3.05) is 44.6 Å². The van der Waals surface area contributed by atoms with E-state index in [1.165, 1.54) is 4.57 Å². The van der Waals surface area contributed by atoms with Gasteiger partial charge in [-0.25, -0.2) is 14.4 Å². The first-order valence-electron chi connectivity index (χ1n) is 12.8. The summed E-state index contributed by atoms with van der Waals surface area (Å²) in [6, 6.07) is 9.43. The average molecular weight is 510 g/mol. The average Bonchev–Trinajstić information content (AvgIpc) is 3.27. The molecule has 3 amide bonds. The van der Waals surface area contributed by atoms with E-state index in [0.29, 0.717) is 30.6 Å². The smallest absolute Gasteiger partial charge is 0.407 e. The maximum absolute atomic E-state index is 12.6. The van der Waals surface area contributed by atoms with Crippen LogP contribution in [0.5, 0.6) is 0 Å². The van der Waals surface area contributed by atoms with Crippen molar-refractivity contribution in [2.45, 2.75) is 39.0 Å². The van der Waals surface area contributed by atoms with Gasteiger partial charge >= 0.3 is 17.8 Å². The number of fused-ring (bicyclic) bond motifs is 1. The monoisotopic (exact) mass is 509 g/mol. The molecule has 1 unspecified atom stereocenters. The Kier molecular flexibility index (Phi) is 6.91. The Balaban J connectivity index is 1.12. The molecule has 1 saturated carbocycles. The maximum Gasteiger partial charge on any atom is 0.407 e. The standard InChI is InChI=1S/C26H35N7O4/c1-26(2,3)37-25(36)30-22-19-15-31(16-20(19)22)14-17-4-6-18(7-5-17)33-11-8-21(29-24(33)35)28-23(34)32-12-9-27-10-13-32/h4-8,11,19-20,22,27H,9-10,12-16H2,1-3H3,(H,30,36)(H,28,29,34,35)/t19-,20+,22?. The molecule has 0 radical (unpaired) electrons. The first kappa shape index (κ1) is 25.2. The van der Waals surface area contributed by atoms with E-state index in [1.54, 1.807) is 17.2 Å². The van der Waals surface area contributed by atoms with E-state index in [9.17, 15) is 14.4 Å². The third kappa shape index (κ3) is 6.11. The fourth-order valence-corrected chi connectivity index (χ4v) is 5.15. The third-order valence-electron chi connectivity index (χ3n) is 7.02. The van der Waals surface area contributed by atoms with Gasteiger partial charge in [0.15, 0.2) is 0 Å². The number of piperazine rings is 1. The lowest BCUT2D eigenvalue weighted by molar-refractivity contribution is 0.0513. The highest BCUT2D eigenvalue weighted by atomic mass is 16.6. The molecule has 11 heteroatoms. The van der Waals surface area contributed by atoms with Crippen LogP contribution in [0.1, 0.15) is 26.3 Å². The molecule has 1 aliphatic carbocycles. The van der Waals surface area contributed by atoms with Crippen LogP contribution in [0.2, 0.25) is 0 Å². The van der Waals surface area contributed by atoms with Crippen molar-refractivity contribution in [3.05, 3.63) is 52.6 Å². The van der Waals surface area contributed by atoms with Gasteiger partial charge in [0.2, 0.25) is 0 Å². The number of carbonyl (C=O) groups excluding carboxylic acids is 2. The van der Waals surface area contributed by atoms with Crippen molar-refractivity contribution in [1.29, 1.82) is 0 Å². The van der Waals surface area contributed by atoms with E-state index in [1.807, 2.05) is 45.0 Å². The number of carbonyl (C=O) groups is 2. The Hall–Kier alpha value is -3.44. The number of urea groups is 1. The minimum Gasteiger partial charge on any atom is -0.444 e. The van der Waals surface area contributed by atoms with E-state index >= 15 is 0 Å². The number of hydrogen-bond acceptors (Lipinski definition) is 7. The fourth-order valence-electron chi connectivity index (χ4n) is 5.15. The highest BCUT2D eigenvalue weighted by Crippen LogP contribution is 2.46. The molecule has 1 aromatic carbocycles. The van der Waals surface area contributed by atoms with Crippen LogP contribution in [0.25, 0.3) is 5.69 Å². The number of likely N-dealkylation sites (tertiary alicyclic amines) is 1. The van der Waals surface area contributed by atoms with Gasteiger partial charge in [-0.05, 0) is 56.4 Å². The summed E-state index contributed by atoms with van der Waals surface area (Å²) in [6.07, 6.45) is 1.29. The van der Waals surface area contributed by atoms with Gasteiger partial charge in [0, 0.05) is 58.1 Å². The number of alkyl carbamates (subject to hydrolysis) is 1. The number of rotatable bonds is 5. The number of nitrogens with zero attached hydrogens (tertiary/aromatic N) is 4. The second kappa shape index (κ2) is 10.1. The van der Waals surface area contributed by atoms with Gasteiger partial charge in [0.1, 0.15) is 11.4 Å². The van der Waals surface area contributed by atoms with Gasteiger partial charge in [-0.2, -0.15) is 4.98 Å². The van der Waals surface area contributed by atoms with Crippen molar-refractivity contribution in [1.82, 2.24) is 30.0 Å². The zero-order valence-corrected chi connectivity index (χ0v) is 21.6. The Labute approximate surface area is 216 Å². The zero-order chi connectivity index (χ0) is 26.2. The van der Waals surface area contributed by atoms with Gasteiger partial charge in [-0.1, -0.05) is 12.1 Å². The minimum atomic E-state index is -0.490. The summed E-state index contributed by atoms with van der Waals surface area (Å²) in [5.74, 6) is 1.19. The van der Waals surface area contributed by atoms with Crippen LogP contribution in [0.3, 0.4) is 0 Å². The predicted octanol–water partition coefficient (Wildman–Crippen LogP) is 1.62. The Bertz CT molecular complexity index is 1190. The van der Waals surface area contributed by atoms with Crippen LogP contribution in [0, 0.1) is 11.8 Å². The molecule has 3 N–H and O–H groups in total. The first-order chi connectivity index (χ1) is 17.7. The second-order valence-corrected chi connectivity index (χ2v) is 11.0. The summed E-state index contributed by atoms with van der Waals surface area (Å²) in [4.78, 5) is 45.1. The van der Waals surface area contributed by atoms with Crippen molar-refractivity contribution in [3.63, 3.8) is 0 Å². The lowest BCUT2D eigenvalue weighted by atomic mass is 10.2. The molecule has 11 nitrogen and oxygen atoms in total. The Morgan fingerprint density at radius 3 is 2.38 bits per heavy atom. The Morgan fingerprint density at radius 2 is 1.76 bits per heavy atom. The number of nitrogens with one attached hydrogen (secondary N) is 3. The minimum absolute atomic E-state index is 0.206. The summed E-state index contributed by atoms with van der Waals surface area (Å²) in [6.45, 7) is 11.0. The molecule has 198 valence electrons. The van der Waals surface area contributed by atoms with Gasteiger partial charge < -0.3 is 20.3 Å². The van der Waals surface area contributed by atoms with Crippen LogP contribution in [-0.2, 0) is 11.3 Å². The summed E-state index contributed by atoms with van der Waals surface area (Å²) >= 11 is 0. The molecule has 37 heavy (non-hydrogen) atoms. The zero-order valence-electron chi connectivity index (χ0n) is 21.6. The third-order valence-corrected chi connectivity index (χ3v) is 7.02. The van der Waals surface area contributed by atoms with Crippen molar-refractivity contribution < 1.29 is 14.3 Å². The van der Waals surface area contributed by atoms with E-state index in [2.05, 4.69) is 25.8 Å². The number of anilines is 1. The topological polar surface area (TPSA) is 121 Å². The molecule has 2 aromatic rings. The van der Waals surface area contributed by atoms with Crippen LogP contribution in [0.4, 0.5) is 15.4 Å². The molecular formula is C26H35N7O4. The van der Waals surface area contributed by atoms with Crippen LogP contribution in [-0.4, -0.2) is 82.4 Å². The molecule has 3 heterocycles. The van der Waals surface area contributed by atoms with Crippen LogP contribution < -0.4 is 21.6 Å². The molecule has 3 fully saturated rings. The first-order valence-corrected chi connectivity index (χ1v) is 12.8. The molecule has 3 atom stereocenters. The van der Waals surface area contributed by atoms with Crippen molar-refractivity contribution in [3.8, 4) is 5.69 Å². The van der Waals surface area contributed by atoms with Crippen molar-refractivity contribution in [2.24, 2.45) is 11.8 Å². The number of benzene rings is 1. The second-order valence-electron chi connectivity index (χ2n) is 11.0. The number of hydrogen-bond donors (Lipinski definition) is 3. The molecule has 0 spiro atoms. The predicted molar refractivity (Wildman–Crippen MR) is 139 cm³/mol. The van der Waals surface area contributed by atoms with Crippen molar-refractivity contribution >= 4 is 17.9 Å². The lowest BCUT2D eigenvalue weighted by Crippen LogP contribution is -2.48. The number of amides is 3. The summed E-state index contributed by atoms with van der Waals surface area (Å²) in [7, 11) is 0. The van der Waals surface area contributed by atoms with E-state index in [-0.39, 0.29) is 24.0 Å². The number of piperidine rings is 1. The van der Waals surface area contributed by atoms with Crippen LogP contribution >= 0.6 is 0 Å². The van der Waals surface area contributed by atoms with E-state index in [0.717, 1.165) is 38.3 Å². The number of ether oxygens (including phenoxy) is 1. The largest absolute Gasteiger partial charge is 0.444 e.